The van der Waals surface area contributed by atoms with Gasteiger partial charge in [0, 0.05) is 18.0 Å². The van der Waals surface area contributed by atoms with Gasteiger partial charge in [0.15, 0.2) is 0 Å². The van der Waals surface area contributed by atoms with Gasteiger partial charge in [0.05, 0.1) is 16.1 Å². The van der Waals surface area contributed by atoms with E-state index in [-0.39, 0.29) is 16.3 Å². The number of sulfonamides is 1. The minimum absolute atomic E-state index is 0.0494. The van der Waals surface area contributed by atoms with E-state index in [1.54, 1.807) is 18.2 Å². The number of rotatable bonds is 6. The lowest BCUT2D eigenvalue weighted by atomic mass is 10.2. The largest absolute Gasteiger partial charge is 0.417 e. The lowest BCUT2D eigenvalue weighted by Crippen LogP contribution is -2.28. The maximum Gasteiger partial charge on any atom is 0.417 e. The Morgan fingerprint density at radius 3 is 2.29 bits per heavy atom. The summed E-state index contributed by atoms with van der Waals surface area (Å²) in [7, 11) is -3.85. The number of halogens is 3. The maximum absolute atomic E-state index is 12.8. The molecule has 0 unspecified atom stereocenters. The molecule has 0 aliphatic carbocycles. The Balaban J connectivity index is 1.73. The number of pyridine rings is 1. The zero-order valence-corrected chi connectivity index (χ0v) is 16.6. The van der Waals surface area contributed by atoms with Gasteiger partial charge in [0.25, 0.3) is 15.6 Å². The molecule has 0 aliphatic rings. The Bertz CT molecular complexity index is 1260. The number of benzene rings is 2. The fourth-order valence-corrected chi connectivity index (χ4v) is 3.72. The Hall–Kier alpha value is -3.60. The Labute approximate surface area is 175 Å². The van der Waals surface area contributed by atoms with E-state index in [9.17, 15) is 31.2 Å². The lowest BCUT2D eigenvalue weighted by Gasteiger charge is -2.12. The first-order valence-corrected chi connectivity index (χ1v) is 10.3. The summed E-state index contributed by atoms with van der Waals surface area (Å²) in [5.41, 5.74) is -1.47. The highest BCUT2D eigenvalue weighted by molar-refractivity contribution is 7.92. The molecule has 31 heavy (non-hydrogen) atoms. The number of anilines is 2. The van der Waals surface area contributed by atoms with Crippen molar-refractivity contribution in [3.05, 3.63) is 88.8 Å². The van der Waals surface area contributed by atoms with E-state index in [2.05, 4.69) is 10.0 Å². The molecule has 2 N–H and O–H groups in total. The molecule has 3 aromatic rings. The van der Waals surface area contributed by atoms with Crippen LogP contribution in [0.4, 0.5) is 24.5 Å². The Morgan fingerprint density at radius 1 is 0.935 bits per heavy atom. The predicted molar refractivity (Wildman–Crippen MR) is 108 cm³/mol. The number of nitrogens with zero attached hydrogens (tertiary/aromatic N) is 1. The molecule has 0 fully saturated rings. The molecule has 0 radical (unpaired) electrons. The van der Waals surface area contributed by atoms with Crippen LogP contribution in [0.25, 0.3) is 0 Å². The molecule has 1 heterocycles. The van der Waals surface area contributed by atoms with Crippen molar-refractivity contribution < 1.29 is 26.4 Å². The van der Waals surface area contributed by atoms with Gasteiger partial charge < -0.3 is 9.88 Å². The van der Waals surface area contributed by atoms with Gasteiger partial charge in [-0.1, -0.05) is 24.3 Å². The molecule has 3 rings (SSSR count). The first-order valence-electron chi connectivity index (χ1n) is 8.80. The molecular weight excluding hydrogens is 435 g/mol. The minimum atomic E-state index is -4.66. The number of aromatic nitrogens is 1. The monoisotopic (exact) mass is 451 g/mol. The molecule has 0 saturated heterocycles. The summed E-state index contributed by atoms with van der Waals surface area (Å²) in [6, 6.07) is 14.8. The molecule has 0 spiro atoms. The van der Waals surface area contributed by atoms with E-state index in [1.165, 1.54) is 36.4 Å². The first-order chi connectivity index (χ1) is 14.5. The van der Waals surface area contributed by atoms with Crippen LogP contribution >= 0.6 is 0 Å². The average molecular weight is 451 g/mol. The number of carbonyl (C=O) groups is 1. The summed E-state index contributed by atoms with van der Waals surface area (Å²) < 4.78 is 66.3. The molecule has 0 bridgehead atoms. The molecule has 7 nitrogen and oxygen atoms in total. The number of amides is 1. The highest BCUT2D eigenvalue weighted by Gasteiger charge is 2.31. The molecule has 0 aliphatic heterocycles. The van der Waals surface area contributed by atoms with Crippen LogP contribution in [-0.2, 0) is 27.5 Å². The van der Waals surface area contributed by atoms with E-state index in [4.69, 9.17) is 0 Å². The van der Waals surface area contributed by atoms with Gasteiger partial charge in [-0.15, -0.1) is 0 Å². The molecule has 2 aromatic carbocycles. The van der Waals surface area contributed by atoms with E-state index in [1.807, 2.05) is 0 Å². The van der Waals surface area contributed by atoms with Gasteiger partial charge in [-0.25, -0.2) is 8.42 Å². The zero-order chi connectivity index (χ0) is 22.6. The quantitative estimate of drug-likeness (QED) is 0.601. The summed E-state index contributed by atoms with van der Waals surface area (Å²) in [6.45, 7) is -0.650. The Morgan fingerprint density at radius 2 is 1.61 bits per heavy atom. The summed E-state index contributed by atoms with van der Waals surface area (Å²) in [5.74, 6) is -0.760. The van der Waals surface area contributed by atoms with E-state index in [0.717, 1.165) is 6.07 Å². The SMILES string of the molecule is O=C(Cn1cc(C(F)(F)F)ccc1=O)Nc1cccc(NS(=O)(=O)c2ccccc2)c1. The molecule has 11 heteroatoms. The molecule has 1 aromatic heterocycles. The second-order valence-corrected chi connectivity index (χ2v) is 8.11. The van der Waals surface area contributed by atoms with Crippen LogP contribution in [-0.4, -0.2) is 18.9 Å². The number of hydrogen-bond acceptors (Lipinski definition) is 4. The van der Waals surface area contributed by atoms with E-state index >= 15 is 0 Å². The van der Waals surface area contributed by atoms with Crippen molar-refractivity contribution >= 4 is 27.3 Å². The minimum Gasteiger partial charge on any atom is -0.324 e. The third-order valence-corrected chi connectivity index (χ3v) is 5.47. The molecule has 162 valence electrons. The average Bonchev–Trinajstić information content (AvgIpc) is 2.69. The normalized spacial score (nSPS) is 11.7. The summed E-state index contributed by atoms with van der Waals surface area (Å²) in [5, 5.41) is 2.43. The van der Waals surface area contributed by atoms with Crippen LogP contribution in [0.2, 0.25) is 0 Å². The van der Waals surface area contributed by atoms with Crippen molar-refractivity contribution in [2.45, 2.75) is 17.6 Å². The number of hydrogen-bond donors (Lipinski definition) is 2. The van der Waals surface area contributed by atoms with Crippen LogP contribution in [0.5, 0.6) is 0 Å². The highest BCUT2D eigenvalue weighted by Crippen LogP contribution is 2.28. The fourth-order valence-electron chi connectivity index (χ4n) is 2.65. The van der Waals surface area contributed by atoms with Crippen LogP contribution in [0.15, 0.2) is 82.6 Å². The number of nitrogens with one attached hydrogen (secondary N) is 2. The molecule has 0 atom stereocenters. The molecule has 0 saturated carbocycles. The third kappa shape index (κ3) is 5.72. The van der Waals surface area contributed by atoms with Crippen LogP contribution in [0, 0.1) is 0 Å². The predicted octanol–water partition coefficient (Wildman–Crippen LogP) is 3.31. The van der Waals surface area contributed by atoms with Crippen LogP contribution < -0.4 is 15.6 Å². The Kier molecular flexibility index (Phi) is 6.16. The first kappa shape index (κ1) is 22.1. The van der Waals surface area contributed by atoms with Gasteiger partial charge in [-0.3, -0.25) is 14.3 Å². The van der Waals surface area contributed by atoms with Gasteiger partial charge in [0.2, 0.25) is 5.91 Å². The third-order valence-electron chi connectivity index (χ3n) is 4.08. The van der Waals surface area contributed by atoms with Crippen molar-refractivity contribution in [2.24, 2.45) is 0 Å². The second kappa shape index (κ2) is 8.64. The number of alkyl halides is 3. The molecule has 1 amide bonds. The van der Waals surface area contributed by atoms with Gasteiger partial charge >= 0.3 is 6.18 Å². The van der Waals surface area contributed by atoms with Crippen molar-refractivity contribution in [3.63, 3.8) is 0 Å². The number of carbonyl (C=O) groups excluding carboxylic acids is 1. The summed E-state index contributed by atoms with van der Waals surface area (Å²) in [6.07, 6.45) is -4.09. The van der Waals surface area contributed by atoms with Crippen LogP contribution in [0.1, 0.15) is 5.56 Å². The van der Waals surface area contributed by atoms with E-state index in [0.29, 0.717) is 16.8 Å². The fraction of sp³-hybridized carbons (Fsp3) is 0.100. The van der Waals surface area contributed by atoms with Crippen LogP contribution in [0.3, 0.4) is 0 Å². The molecular formula is C20H16F3N3O4S. The summed E-state index contributed by atoms with van der Waals surface area (Å²) >= 11 is 0. The van der Waals surface area contributed by atoms with Gasteiger partial charge in [0.1, 0.15) is 6.54 Å². The highest BCUT2D eigenvalue weighted by atomic mass is 32.2. The lowest BCUT2D eigenvalue weighted by molar-refractivity contribution is -0.138. The zero-order valence-electron chi connectivity index (χ0n) is 15.8. The van der Waals surface area contributed by atoms with Crippen molar-refractivity contribution in [1.82, 2.24) is 4.57 Å². The standard InChI is InChI=1S/C20H16F3N3O4S/c21-20(22,23)14-9-10-19(28)26(12-14)13-18(27)24-15-5-4-6-16(11-15)25-31(29,30)17-7-2-1-3-8-17/h1-12,25H,13H2,(H,24,27). The van der Waals surface area contributed by atoms with Gasteiger partial charge in [-0.05, 0) is 36.4 Å². The van der Waals surface area contributed by atoms with Gasteiger partial charge in [-0.2, -0.15) is 13.2 Å². The summed E-state index contributed by atoms with van der Waals surface area (Å²) in [4.78, 5) is 24.0. The second-order valence-electron chi connectivity index (χ2n) is 6.43. The topological polar surface area (TPSA) is 97.3 Å². The smallest absolute Gasteiger partial charge is 0.324 e. The van der Waals surface area contributed by atoms with Crippen molar-refractivity contribution in [3.8, 4) is 0 Å². The maximum atomic E-state index is 12.8. The van der Waals surface area contributed by atoms with E-state index < -0.39 is 39.8 Å². The van der Waals surface area contributed by atoms with Crippen molar-refractivity contribution in [1.29, 1.82) is 0 Å². The van der Waals surface area contributed by atoms with Crippen molar-refractivity contribution in [2.75, 3.05) is 10.0 Å².